The van der Waals surface area contributed by atoms with Gasteiger partial charge in [0.1, 0.15) is 0 Å². The van der Waals surface area contributed by atoms with Crippen LogP contribution in [0.4, 0.5) is 5.69 Å². The molecule has 0 fully saturated rings. The highest BCUT2D eigenvalue weighted by Crippen LogP contribution is 2.24. The summed E-state index contributed by atoms with van der Waals surface area (Å²) in [5.41, 5.74) is 1.06. The number of nitrogens with one attached hydrogen (secondary N) is 1. The number of halogens is 2. The Kier molecular flexibility index (Phi) is 5.73. The Hall–Kier alpha value is 0.190. The predicted octanol–water partition coefficient (Wildman–Crippen LogP) is 4.67. The molecule has 2 nitrogen and oxygen atoms in total. The maximum absolute atomic E-state index is 5.44. The molecular weight excluding hydrogens is 393 g/mol. The summed E-state index contributed by atoms with van der Waals surface area (Å²) in [5, 5.41) is 3.49. The van der Waals surface area contributed by atoms with Gasteiger partial charge in [0.25, 0.3) is 0 Å². The Bertz CT molecular complexity index is 382. The molecule has 0 saturated heterocycles. The summed E-state index contributed by atoms with van der Waals surface area (Å²) in [4.78, 5) is 0. The van der Waals surface area contributed by atoms with Crippen LogP contribution in [0, 0.1) is 3.57 Å². The molecule has 17 heavy (non-hydrogen) atoms. The summed E-state index contributed by atoms with van der Waals surface area (Å²) in [6, 6.07) is 6.67. The van der Waals surface area contributed by atoms with E-state index in [0.29, 0.717) is 6.04 Å². The molecule has 0 aliphatic heterocycles. The summed E-state index contributed by atoms with van der Waals surface area (Å²) in [7, 11) is 1.76. The van der Waals surface area contributed by atoms with E-state index in [1.807, 2.05) is 0 Å². The van der Waals surface area contributed by atoms with Crippen LogP contribution in [-0.2, 0) is 4.74 Å². The third-order valence-electron chi connectivity index (χ3n) is 2.68. The van der Waals surface area contributed by atoms with Gasteiger partial charge in [-0.15, -0.1) is 0 Å². The first-order chi connectivity index (χ1) is 7.84. The SMILES string of the molecule is COC(C)(C)CC(C)Nc1ccc(Br)c(I)c1. The summed E-state index contributed by atoms with van der Waals surface area (Å²) < 4.78 is 7.79. The number of hydrogen-bond donors (Lipinski definition) is 1. The summed E-state index contributed by atoms with van der Waals surface area (Å²) >= 11 is 5.82. The molecule has 1 aromatic rings. The maximum Gasteiger partial charge on any atom is 0.0642 e. The van der Waals surface area contributed by atoms with E-state index in [0.717, 1.165) is 16.6 Å². The van der Waals surface area contributed by atoms with E-state index < -0.39 is 0 Å². The minimum absolute atomic E-state index is 0.0884. The number of methoxy groups -OCH3 is 1. The van der Waals surface area contributed by atoms with Crippen LogP contribution >= 0.6 is 38.5 Å². The standard InChI is InChI=1S/C13H19BrINO/c1-9(8-13(2,3)17-4)16-10-5-6-11(14)12(15)7-10/h5-7,9,16H,8H2,1-4H3. The second kappa shape index (κ2) is 6.38. The fraction of sp³-hybridized carbons (Fsp3) is 0.538. The fourth-order valence-corrected chi connectivity index (χ4v) is 2.50. The molecule has 96 valence electrons. The van der Waals surface area contributed by atoms with E-state index in [4.69, 9.17) is 4.74 Å². The molecule has 0 amide bonds. The van der Waals surface area contributed by atoms with Crippen molar-refractivity contribution in [2.75, 3.05) is 12.4 Å². The molecule has 0 aliphatic rings. The van der Waals surface area contributed by atoms with Gasteiger partial charge in [-0.3, -0.25) is 0 Å². The van der Waals surface area contributed by atoms with Crippen LogP contribution < -0.4 is 5.32 Å². The molecule has 0 radical (unpaired) electrons. The third kappa shape index (κ3) is 5.14. The van der Waals surface area contributed by atoms with Gasteiger partial charge in [0, 0.05) is 26.9 Å². The van der Waals surface area contributed by atoms with Crippen molar-refractivity contribution < 1.29 is 4.74 Å². The molecule has 1 N–H and O–H groups in total. The van der Waals surface area contributed by atoms with Gasteiger partial charge in [-0.2, -0.15) is 0 Å². The van der Waals surface area contributed by atoms with Crippen LogP contribution in [0.2, 0.25) is 0 Å². The van der Waals surface area contributed by atoms with Gasteiger partial charge in [0.15, 0.2) is 0 Å². The van der Waals surface area contributed by atoms with Crippen LogP contribution in [0.3, 0.4) is 0 Å². The largest absolute Gasteiger partial charge is 0.382 e. The van der Waals surface area contributed by atoms with E-state index in [1.54, 1.807) is 7.11 Å². The highest BCUT2D eigenvalue weighted by molar-refractivity contribution is 14.1. The monoisotopic (exact) mass is 411 g/mol. The summed E-state index contributed by atoms with van der Waals surface area (Å²) in [6.45, 7) is 6.39. The number of anilines is 1. The van der Waals surface area contributed by atoms with Gasteiger partial charge >= 0.3 is 0 Å². The first-order valence-corrected chi connectivity index (χ1v) is 7.48. The molecule has 0 aliphatic carbocycles. The van der Waals surface area contributed by atoms with Gasteiger partial charge in [-0.1, -0.05) is 0 Å². The Labute approximate surface area is 126 Å². The van der Waals surface area contributed by atoms with E-state index in [-0.39, 0.29) is 5.60 Å². The number of hydrogen-bond acceptors (Lipinski definition) is 2. The topological polar surface area (TPSA) is 21.3 Å². The molecule has 0 bridgehead atoms. The first kappa shape index (κ1) is 15.2. The summed E-state index contributed by atoms with van der Waals surface area (Å²) in [6.07, 6.45) is 0.968. The zero-order valence-corrected chi connectivity index (χ0v) is 14.4. The molecule has 1 rings (SSSR count). The van der Waals surface area contributed by atoms with Crippen LogP contribution in [0.5, 0.6) is 0 Å². The average molecular weight is 412 g/mol. The average Bonchev–Trinajstić information content (AvgIpc) is 2.23. The van der Waals surface area contributed by atoms with Crippen LogP contribution in [0.1, 0.15) is 27.2 Å². The van der Waals surface area contributed by atoms with Gasteiger partial charge in [0.05, 0.1) is 5.60 Å². The van der Waals surface area contributed by atoms with E-state index in [2.05, 4.69) is 82.8 Å². The van der Waals surface area contributed by atoms with Gasteiger partial charge in [-0.25, -0.2) is 0 Å². The molecule has 4 heteroatoms. The van der Waals surface area contributed by atoms with Crippen molar-refractivity contribution in [3.63, 3.8) is 0 Å². The van der Waals surface area contributed by atoms with E-state index in [1.165, 1.54) is 3.57 Å². The second-order valence-corrected chi connectivity index (χ2v) is 6.86. The zero-order chi connectivity index (χ0) is 13.1. The lowest BCUT2D eigenvalue weighted by Gasteiger charge is -2.27. The van der Waals surface area contributed by atoms with Crippen LogP contribution in [-0.4, -0.2) is 18.8 Å². The van der Waals surface area contributed by atoms with Gasteiger partial charge < -0.3 is 10.1 Å². The van der Waals surface area contributed by atoms with Gasteiger partial charge in [0.2, 0.25) is 0 Å². The minimum Gasteiger partial charge on any atom is -0.382 e. The molecular formula is C13H19BrINO. The third-order valence-corrected chi connectivity index (χ3v) is 5.01. The van der Waals surface area contributed by atoms with E-state index in [9.17, 15) is 0 Å². The Morgan fingerprint density at radius 1 is 1.47 bits per heavy atom. The molecule has 0 spiro atoms. The van der Waals surface area contributed by atoms with Crippen molar-refractivity contribution in [2.45, 2.75) is 38.8 Å². The number of rotatable bonds is 5. The predicted molar refractivity (Wildman–Crippen MR) is 85.6 cm³/mol. The van der Waals surface area contributed by atoms with Crippen LogP contribution in [0.25, 0.3) is 0 Å². The van der Waals surface area contributed by atoms with Crippen LogP contribution in [0.15, 0.2) is 22.7 Å². The van der Waals surface area contributed by atoms with Crippen molar-refractivity contribution in [3.8, 4) is 0 Å². The smallest absolute Gasteiger partial charge is 0.0642 e. The Morgan fingerprint density at radius 3 is 2.65 bits per heavy atom. The molecule has 1 unspecified atom stereocenters. The lowest BCUT2D eigenvalue weighted by Crippen LogP contribution is -2.31. The highest BCUT2D eigenvalue weighted by atomic mass is 127. The molecule has 0 saturated carbocycles. The first-order valence-electron chi connectivity index (χ1n) is 5.61. The Morgan fingerprint density at radius 2 is 2.12 bits per heavy atom. The number of benzene rings is 1. The van der Waals surface area contributed by atoms with Crippen molar-refractivity contribution in [1.29, 1.82) is 0 Å². The van der Waals surface area contributed by atoms with E-state index >= 15 is 0 Å². The van der Waals surface area contributed by atoms with Crippen molar-refractivity contribution in [2.24, 2.45) is 0 Å². The van der Waals surface area contributed by atoms with Crippen molar-refractivity contribution in [3.05, 3.63) is 26.2 Å². The molecule has 1 atom stereocenters. The minimum atomic E-state index is -0.0884. The quantitative estimate of drug-likeness (QED) is 0.711. The normalized spacial score (nSPS) is 13.5. The fourth-order valence-electron chi connectivity index (χ4n) is 1.74. The molecule has 0 aromatic heterocycles. The highest BCUT2D eigenvalue weighted by Gasteiger charge is 2.20. The molecule has 0 heterocycles. The lowest BCUT2D eigenvalue weighted by molar-refractivity contribution is 0.0128. The zero-order valence-electron chi connectivity index (χ0n) is 10.7. The lowest BCUT2D eigenvalue weighted by atomic mass is 10.00. The number of ether oxygens (including phenoxy) is 1. The second-order valence-electron chi connectivity index (χ2n) is 4.84. The van der Waals surface area contributed by atoms with Gasteiger partial charge in [-0.05, 0) is 83.9 Å². The molecule has 1 aromatic carbocycles. The van der Waals surface area contributed by atoms with Crippen molar-refractivity contribution >= 4 is 44.2 Å². The summed E-state index contributed by atoms with van der Waals surface area (Å²) in [5.74, 6) is 0. The maximum atomic E-state index is 5.44. The Balaban J connectivity index is 2.62. The van der Waals surface area contributed by atoms with Crippen molar-refractivity contribution in [1.82, 2.24) is 0 Å².